The number of carboxylic acid groups (broad SMARTS) is 1. The number of rotatable bonds is 3. The van der Waals surface area contributed by atoms with Crippen molar-refractivity contribution in [3.63, 3.8) is 0 Å². The first kappa shape index (κ1) is 14.0. The summed E-state index contributed by atoms with van der Waals surface area (Å²) in [6, 6.07) is 3.29. The van der Waals surface area contributed by atoms with E-state index in [1.54, 1.807) is 0 Å². The second kappa shape index (κ2) is 6.05. The topological polar surface area (TPSA) is 136 Å². The van der Waals surface area contributed by atoms with Crippen LogP contribution in [0.15, 0.2) is 30.4 Å². The zero-order chi connectivity index (χ0) is 14.4. The molecule has 8 nitrogen and oxygen atoms in total. The molecule has 1 aromatic rings. The maximum Gasteiger partial charge on any atom is 0.328 e. The first-order chi connectivity index (χ1) is 8.90. The minimum atomic E-state index is -1.31. The molecular formula is C11H10N2O6. The van der Waals surface area contributed by atoms with Crippen LogP contribution in [0.25, 0.3) is 0 Å². The number of hydrazine groups is 1. The van der Waals surface area contributed by atoms with Gasteiger partial charge in [0.2, 0.25) is 0 Å². The number of hydrogen-bond acceptors (Lipinski definition) is 5. The normalized spacial score (nSPS) is 10.1. The lowest BCUT2D eigenvalue weighted by Crippen LogP contribution is -2.40. The Morgan fingerprint density at radius 3 is 2.32 bits per heavy atom. The van der Waals surface area contributed by atoms with Crippen LogP contribution in [0.4, 0.5) is 0 Å². The van der Waals surface area contributed by atoms with Crippen LogP contribution in [0.1, 0.15) is 10.4 Å². The summed E-state index contributed by atoms with van der Waals surface area (Å²) in [5, 5.41) is 26.7. The summed E-state index contributed by atoms with van der Waals surface area (Å²) in [5.74, 6) is -3.67. The quantitative estimate of drug-likeness (QED) is 0.369. The zero-order valence-electron chi connectivity index (χ0n) is 9.45. The van der Waals surface area contributed by atoms with Crippen molar-refractivity contribution in [2.45, 2.75) is 0 Å². The first-order valence-electron chi connectivity index (χ1n) is 4.93. The maximum atomic E-state index is 11.5. The van der Waals surface area contributed by atoms with Crippen molar-refractivity contribution < 1.29 is 29.7 Å². The van der Waals surface area contributed by atoms with Crippen molar-refractivity contribution in [3.05, 3.63) is 35.9 Å². The fourth-order valence-corrected chi connectivity index (χ4v) is 1.09. The van der Waals surface area contributed by atoms with Crippen molar-refractivity contribution in [1.82, 2.24) is 10.9 Å². The smallest absolute Gasteiger partial charge is 0.328 e. The molecule has 0 atom stereocenters. The molecule has 8 heteroatoms. The van der Waals surface area contributed by atoms with E-state index in [-0.39, 0.29) is 11.3 Å². The van der Waals surface area contributed by atoms with Gasteiger partial charge in [-0.2, -0.15) is 0 Å². The van der Waals surface area contributed by atoms with Gasteiger partial charge < -0.3 is 15.3 Å². The number of amides is 2. The summed E-state index contributed by atoms with van der Waals surface area (Å²) in [4.78, 5) is 32.7. The number of phenols is 2. The summed E-state index contributed by atoms with van der Waals surface area (Å²) in [6.07, 6.45) is 1.30. The van der Waals surface area contributed by atoms with Crippen LogP contribution in [0.3, 0.4) is 0 Å². The number of aromatic hydroxyl groups is 2. The van der Waals surface area contributed by atoms with E-state index in [1.165, 1.54) is 6.07 Å². The fraction of sp³-hybridized carbons (Fsp3) is 0. The summed E-state index contributed by atoms with van der Waals surface area (Å²) < 4.78 is 0. The number of aliphatic carboxylic acids is 1. The van der Waals surface area contributed by atoms with Crippen LogP contribution in [-0.4, -0.2) is 33.1 Å². The molecule has 0 fully saturated rings. The van der Waals surface area contributed by atoms with Crippen molar-refractivity contribution in [2.75, 3.05) is 0 Å². The Bertz CT molecular complexity index is 552. The number of nitrogens with one attached hydrogen (secondary N) is 2. The van der Waals surface area contributed by atoms with E-state index in [9.17, 15) is 19.5 Å². The highest BCUT2D eigenvalue weighted by molar-refractivity contribution is 5.99. The van der Waals surface area contributed by atoms with Crippen LogP contribution in [0.5, 0.6) is 11.5 Å². The third kappa shape index (κ3) is 4.38. The highest BCUT2D eigenvalue weighted by Gasteiger charge is 2.11. The molecular weight excluding hydrogens is 256 g/mol. The Morgan fingerprint density at radius 2 is 1.74 bits per heavy atom. The molecule has 1 aromatic carbocycles. The lowest BCUT2D eigenvalue weighted by Gasteiger charge is -2.06. The number of benzene rings is 1. The maximum absolute atomic E-state index is 11.5. The molecule has 0 saturated carbocycles. The van der Waals surface area contributed by atoms with E-state index in [2.05, 4.69) is 0 Å². The zero-order valence-corrected chi connectivity index (χ0v) is 9.45. The molecule has 0 unspecified atom stereocenters. The van der Waals surface area contributed by atoms with Crippen molar-refractivity contribution in [1.29, 1.82) is 0 Å². The van der Waals surface area contributed by atoms with Crippen molar-refractivity contribution in [2.24, 2.45) is 0 Å². The monoisotopic (exact) mass is 266 g/mol. The lowest BCUT2D eigenvalue weighted by atomic mass is 10.2. The Labute approximate surface area is 107 Å². The van der Waals surface area contributed by atoms with E-state index >= 15 is 0 Å². The van der Waals surface area contributed by atoms with Crippen LogP contribution < -0.4 is 10.9 Å². The van der Waals surface area contributed by atoms with E-state index < -0.39 is 23.5 Å². The molecule has 1 rings (SSSR count). The summed E-state index contributed by atoms with van der Waals surface area (Å²) in [7, 11) is 0. The largest absolute Gasteiger partial charge is 0.508 e. The second-order valence-corrected chi connectivity index (χ2v) is 3.32. The Kier molecular flexibility index (Phi) is 4.47. The van der Waals surface area contributed by atoms with Crippen molar-refractivity contribution in [3.8, 4) is 11.5 Å². The van der Waals surface area contributed by atoms with E-state index in [4.69, 9.17) is 10.2 Å². The summed E-state index contributed by atoms with van der Waals surface area (Å²) in [6.45, 7) is 0. The first-order valence-corrected chi connectivity index (χ1v) is 4.93. The van der Waals surface area contributed by atoms with Crippen LogP contribution >= 0.6 is 0 Å². The third-order valence-electron chi connectivity index (χ3n) is 1.90. The van der Waals surface area contributed by atoms with Gasteiger partial charge in [-0.15, -0.1) is 0 Å². The minimum absolute atomic E-state index is 0.166. The Morgan fingerprint density at radius 1 is 1.05 bits per heavy atom. The van der Waals surface area contributed by atoms with Crippen LogP contribution in [0.2, 0.25) is 0 Å². The van der Waals surface area contributed by atoms with E-state index in [0.717, 1.165) is 12.1 Å². The molecule has 0 aliphatic heterocycles. The molecule has 0 aromatic heterocycles. The number of carbonyl (C=O) groups excluding carboxylic acids is 2. The highest BCUT2D eigenvalue weighted by Crippen LogP contribution is 2.21. The van der Waals surface area contributed by atoms with Gasteiger partial charge in [-0.25, -0.2) is 4.79 Å². The van der Waals surface area contributed by atoms with Gasteiger partial charge in [0.15, 0.2) is 0 Å². The number of carbonyl (C=O) groups is 3. The van der Waals surface area contributed by atoms with Crippen LogP contribution in [0, 0.1) is 0 Å². The second-order valence-electron chi connectivity index (χ2n) is 3.32. The SMILES string of the molecule is O=C(O)/C=C\C(=O)NNC(=O)c1ccc(O)cc1O. The van der Waals surface area contributed by atoms with Gasteiger partial charge in [-0.1, -0.05) is 0 Å². The molecule has 0 radical (unpaired) electrons. The van der Waals surface area contributed by atoms with Crippen molar-refractivity contribution >= 4 is 17.8 Å². The van der Waals surface area contributed by atoms with Gasteiger partial charge in [-0.3, -0.25) is 20.4 Å². The fourth-order valence-electron chi connectivity index (χ4n) is 1.09. The summed E-state index contributed by atoms with van der Waals surface area (Å²) in [5.41, 5.74) is 3.71. The van der Waals surface area contributed by atoms with Crippen LogP contribution in [-0.2, 0) is 9.59 Å². The third-order valence-corrected chi connectivity index (χ3v) is 1.90. The van der Waals surface area contributed by atoms with Gasteiger partial charge in [0, 0.05) is 18.2 Å². The average molecular weight is 266 g/mol. The Hall–Kier alpha value is -3.03. The predicted molar refractivity (Wildman–Crippen MR) is 62.2 cm³/mol. The van der Waals surface area contributed by atoms with Gasteiger partial charge in [-0.05, 0) is 12.1 Å². The molecule has 19 heavy (non-hydrogen) atoms. The lowest BCUT2D eigenvalue weighted by molar-refractivity contribution is -0.131. The molecule has 0 aliphatic carbocycles. The number of carboxylic acids is 1. The number of phenolic OH excluding ortho intramolecular Hbond substituents is 2. The van der Waals surface area contributed by atoms with E-state index in [0.29, 0.717) is 12.2 Å². The van der Waals surface area contributed by atoms with Gasteiger partial charge >= 0.3 is 5.97 Å². The highest BCUT2D eigenvalue weighted by atomic mass is 16.4. The van der Waals surface area contributed by atoms with Gasteiger partial charge in [0.1, 0.15) is 11.5 Å². The molecule has 2 amide bonds. The standard InChI is InChI=1S/C11H10N2O6/c14-6-1-2-7(8(15)5-6)11(19)13-12-9(16)3-4-10(17)18/h1-5,14-15H,(H,12,16)(H,13,19)(H,17,18)/b4-3-. The Balaban J connectivity index is 2.61. The molecule has 0 bridgehead atoms. The molecule has 0 aliphatic rings. The molecule has 0 heterocycles. The minimum Gasteiger partial charge on any atom is -0.508 e. The van der Waals surface area contributed by atoms with Gasteiger partial charge in [0.05, 0.1) is 5.56 Å². The molecule has 0 saturated heterocycles. The predicted octanol–water partition coefficient (Wildman–Crippen LogP) is -0.500. The molecule has 5 N–H and O–H groups in total. The average Bonchev–Trinajstić information content (AvgIpc) is 2.33. The summed E-state index contributed by atoms with van der Waals surface area (Å²) >= 11 is 0. The van der Waals surface area contributed by atoms with Gasteiger partial charge in [0.25, 0.3) is 11.8 Å². The molecule has 100 valence electrons. The van der Waals surface area contributed by atoms with E-state index in [1.807, 2.05) is 10.9 Å². The molecule has 0 spiro atoms. The number of hydrogen-bond donors (Lipinski definition) is 5.